The van der Waals surface area contributed by atoms with Crippen molar-refractivity contribution in [2.24, 2.45) is 16.1 Å². The number of hydrogen-bond donors (Lipinski definition) is 3. The molecule has 0 amide bonds. The Morgan fingerprint density at radius 3 is 2.61 bits per heavy atom. The summed E-state index contributed by atoms with van der Waals surface area (Å²) >= 11 is 0. The van der Waals surface area contributed by atoms with Crippen molar-refractivity contribution in [2.75, 3.05) is 20.7 Å². The molecule has 7 nitrogen and oxygen atoms in total. The van der Waals surface area contributed by atoms with E-state index in [1.807, 2.05) is 44.5 Å². The van der Waals surface area contributed by atoms with Gasteiger partial charge in [0.15, 0.2) is 11.6 Å². The van der Waals surface area contributed by atoms with Crippen LogP contribution in [0.4, 0.5) is 8.78 Å². The van der Waals surface area contributed by atoms with Crippen LogP contribution >= 0.6 is 0 Å². The molecule has 0 aliphatic carbocycles. The lowest BCUT2D eigenvalue weighted by atomic mass is 9.85. The van der Waals surface area contributed by atoms with E-state index in [1.54, 1.807) is 26.2 Å². The molecular weight excluding hydrogens is 464 g/mol. The summed E-state index contributed by atoms with van der Waals surface area (Å²) < 4.78 is 36.9. The first-order valence-corrected chi connectivity index (χ1v) is 11.8. The van der Waals surface area contributed by atoms with E-state index in [-0.39, 0.29) is 24.5 Å². The van der Waals surface area contributed by atoms with Crippen LogP contribution in [0.5, 0.6) is 5.75 Å². The minimum Gasteiger partial charge on any atom is -0.489 e. The monoisotopic (exact) mass is 499 g/mol. The summed E-state index contributed by atoms with van der Waals surface area (Å²) in [6, 6.07) is 6.19. The zero-order chi connectivity index (χ0) is 26.6. The van der Waals surface area contributed by atoms with Gasteiger partial charge in [0.2, 0.25) is 5.82 Å². The predicted molar refractivity (Wildman–Crippen MR) is 139 cm³/mol. The minimum absolute atomic E-state index is 0.00541. The van der Waals surface area contributed by atoms with Gasteiger partial charge in [-0.2, -0.15) is 4.39 Å². The molecular formula is C27H35F2N5O2. The Kier molecular flexibility index (Phi) is 8.47. The third kappa shape index (κ3) is 5.74. The van der Waals surface area contributed by atoms with Crippen molar-refractivity contribution < 1.29 is 18.6 Å². The molecule has 3 aromatic rings. The normalized spacial score (nSPS) is 14.2. The topological polar surface area (TPSA) is 97.2 Å². The zero-order valence-corrected chi connectivity index (χ0v) is 21.7. The molecule has 0 aliphatic heterocycles. The van der Waals surface area contributed by atoms with E-state index < -0.39 is 23.2 Å². The molecule has 3 rings (SSSR count). The highest BCUT2D eigenvalue weighted by Crippen LogP contribution is 2.35. The van der Waals surface area contributed by atoms with Gasteiger partial charge in [0.1, 0.15) is 5.65 Å². The summed E-state index contributed by atoms with van der Waals surface area (Å²) in [7, 11) is 3.47. The summed E-state index contributed by atoms with van der Waals surface area (Å²) in [4.78, 5) is 8.58. The van der Waals surface area contributed by atoms with Crippen LogP contribution < -0.4 is 15.8 Å². The molecule has 1 aromatic carbocycles. The number of aliphatic hydroxyl groups excluding tert-OH is 1. The molecule has 1 unspecified atom stereocenters. The Labute approximate surface area is 210 Å². The van der Waals surface area contributed by atoms with Crippen LogP contribution in [0.15, 0.2) is 52.9 Å². The number of ether oxygens (including phenoxy) is 1. The molecule has 2 aromatic heterocycles. The van der Waals surface area contributed by atoms with Crippen LogP contribution in [0.25, 0.3) is 16.8 Å². The number of aromatic nitrogens is 2. The number of nitrogens with one attached hydrogen (secondary N) is 1. The molecule has 0 saturated heterocycles. The minimum atomic E-state index is -1.07. The van der Waals surface area contributed by atoms with Crippen molar-refractivity contribution in [3.63, 3.8) is 0 Å². The number of pyridine rings is 1. The van der Waals surface area contributed by atoms with E-state index in [4.69, 9.17) is 10.5 Å². The van der Waals surface area contributed by atoms with E-state index in [2.05, 4.69) is 15.3 Å². The number of benzene rings is 1. The van der Waals surface area contributed by atoms with Gasteiger partial charge in [0.25, 0.3) is 0 Å². The highest BCUT2D eigenvalue weighted by atomic mass is 19.2. The van der Waals surface area contributed by atoms with E-state index in [9.17, 15) is 13.9 Å². The number of imidazole rings is 1. The third-order valence-electron chi connectivity index (χ3n) is 6.14. The molecule has 0 aliphatic rings. The van der Waals surface area contributed by atoms with Crippen LogP contribution in [0.2, 0.25) is 0 Å². The van der Waals surface area contributed by atoms with Gasteiger partial charge in [-0.25, -0.2) is 9.37 Å². The van der Waals surface area contributed by atoms with Crippen molar-refractivity contribution in [3.8, 4) is 16.9 Å². The number of fused-ring (bicyclic) bond motifs is 1. The van der Waals surface area contributed by atoms with Gasteiger partial charge in [-0.15, -0.1) is 0 Å². The predicted octanol–water partition coefficient (Wildman–Crippen LogP) is 4.48. The van der Waals surface area contributed by atoms with Crippen LogP contribution in [0.3, 0.4) is 0 Å². The number of nitrogens with zero attached hydrogens (tertiary/aromatic N) is 3. The highest BCUT2D eigenvalue weighted by Gasteiger charge is 2.27. The smallest absolute Gasteiger partial charge is 0.201 e. The molecule has 9 heteroatoms. The number of hydrogen-bond acceptors (Lipinski definition) is 6. The number of halogens is 2. The summed E-state index contributed by atoms with van der Waals surface area (Å²) in [5.74, 6) is -2.26. The first-order chi connectivity index (χ1) is 17.0. The number of aliphatic hydroxyl groups is 1. The fourth-order valence-corrected chi connectivity index (χ4v) is 3.96. The molecule has 0 bridgehead atoms. The fourth-order valence-electron chi connectivity index (χ4n) is 3.96. The van der Waals surface area contributed by atoms with Gasteiger partial charge in [-0.3, -0.25) is 4.99 Å². The van der Waals surface area contributed by atoms with Gasteiger partial charge >= 0.3 is 0 Å². The molecule has 194 valence electrons. The first-order valence-electron chi connectivity index (χ1n) is 11.8. The SMILES string of the molecule is CN=C(C)/C(CCOc1c(-c2ccc3ncc(CNC)n3c2)ccc(F)c1F)=C(\N)C(O)C(C)(C)C. The quantitative estimate of drug-likeness (QED) is 0.377. The average Bonchev–Trinajstić information content (AvgIpc) is 3.24. The van der Waals surface area contributed by atoms with Crippen molar-refractivity contribution in [2.45, 2.75) is 46.8 Å². The van der Waals surface area contributed by atoms with Crippen molar-refractivity contribution in [1.29, 1.82) is 0 Å². The molecule has 1 atom stereocenters. The van der Waals surface area contributed by atoms with E-state index in [0.717, 1.165) is 17.4 Å². The third-order valence-corrected chi connectivity index (χ3v) is 6.14. The fraction of sp³-hybridized carbons (Fsp3) is 0.407. The number of aliphatic imine (C=N–C) groups is 1. The van der Waals surface area contributed by atoms with E-state index in [0.29, 0.717) is 29.0 Å². The lowest BCUT2D eigenvalue weighted by molar-refractivity contribution is 0.0926. The molecule has 0 spiro atoms. The van der Waals surface area contributed by atoms with Crippen molar-refractivity contribution in [1.82, 2.24) is 14.7 Å². The summed E-state index contributed by atoms with van der Waals surface area (Å²) in [5.41, 5.74) is 10.1. The number of rotatable bonds is 9. The molecule has 36 heavy (non-hydrogen) atoms. The van der Waals surface area contributed by atoms with Crippen LogP contribution in [0.1, 0.15) is 39.8 Å². The first kappa shape index (κ1) is 27.3. The van der Waals surface area contributed by atoms with Crippen molar-refractivity contribution in [3.05, 3.63) is 65.3 Å². The largest absolute Gasteiger partial charge is 0.489 e. The zero-order valence-electron chi connectivity index (χ0n) is 21.7. The maximum absolute atomic E-state index is 15.0. The summed E-state index contributed by atoms with van der Waals surface area (Å²) in [5, 5.41) is 13.8. The van der Waals surface area contributed by atoms with Gasteiger partial charge in [0, 0.05) is 48.7 Å². The molecule has 0 fully saturated rings. The second kappa shape index (κ2) is 11.2. The van der Waals surface area contributed by atoms with Crippen LogP contribution in [-0.4, -0.2) is 47.0 Å². The Morgan fingerprint density at radius 1 is 1.25 bits per heavy atom. The Balaban J connectivity index is 1.96. The standard InChI is InChI=1S/C27H35F2N5O2/c1-16(32-6)19(24(30)26(35)27(2,3)4)11-12-36-25-20(8-9-21(28)23(25)29)17-7-10-22-33-14-18(13-31-5)34(22)15-17/h7-10,14-15,26,31,35H,11-13,30H2,1-6H3/b24-19-,32-16?. The van der Waals surface area contributed by atoms with E-state index in [1.165, 1.54) is 6.07 Å². The van der Waals surface area contributed by atoms with Gasteiger partial charge in [-0.05, 0) is 49.2 Å². The molecule has 2 heterocycles. The average molecular weight is 500 g/mol. The Morgan fingerprint density at radius 2 is 1.97 bits per heavy atom. The second-order valence-corrected chi connectivity index (χ2v) is 9.77. The maximum atomic E-state index is 15.0. The second-order valence-electron chi connectivity index (χ2n) is 9.77. The highest BCUT2D eigenvalue weighted by molar-refractivity contribution is 5.98. The Hall–Kier alpha value is -3.30. The summed E-state index contributed by atoms with van der Waals surface area (Å²) in [6.07, 6.45) is 2.94. The molecule has 4 N–H and O–H groups in total. The van der Waals surface area contributed by atoms with Gasteiger partial charge in [0.05, 0.1) is 24.6 Å². The Bertz CT molecular complexity index is 1290. The van der Waals surface area contributed by atoms with Crippen LogP contribution in [-0.2, 0) is 6.54 Å². The van der Waals surface area contributed by atoms with Gasteiger partial charge < -0.3 is 25.3 Å². The van der Waals surface area contributed by atoms with E-state index >= 15 is 0 Å². The van der Waals surface area contributed by atoms with Crippen molar-refractivity contribution >= 4 is 11.4 Å². The lowest BCUT2D eigenvalue weighted by Gasteiger charge is -2.28. The molecule has 0 saturated carbocycles. The number of nitrogens with two attached hydrogens (primary N) is 1. The van der Waals surface area contributed by atoms with Crippen LogP contribution in [0, 0.1) is 17.0 Å². The lowest BCUT2D eigenvalue weighted by Crippen LogP contribution is -2.34. The summed E-state index contributed by atoms with van der Waals surface area (Å²) in [6.45, 7) is 8.03. The molecule has 0 radical (unpaired) electrons. The maximum Gasteiger partial charge on any atom is 0.201 e. The van der Waals surface area contributed by atoms with Gasteiger partial charge in [-0.1, -0.05) is 20.8 Å².